The van der Waals surface area contributed by atoms with Crippen molar-refractivity contribution in [1.29, 1.82) is 0 Å². The third kappa shape index (κ3) is 2.58. The van der Waals surface area contributed by atoms with Gasteiger partial charge in [-0.15, -0.1) is 0 Å². The van der Waals surface area contributed by atoms with Crippen LogP contribution in [0.3, 0.4) is 0 Å². The van der Waals surface area contributed by atoms with Crippen molar-refractivity contribution in [3.8, 4) is 0 Å². The van der Waals surface area contributed by atoms with Gasteiger partial charge < -0.3 is 15.6 Å². The molecule has 0 bridgehead atoms. The van der Waals surface area contributed by atoms with Crippen LogP contribution in [-0.4, -0.2) is 29.1 Å². The Labute approximate surface area is 101 Å². The van der Waals surface area contributed by atoms with Crippen molar-refractivity contribution in [3.05, 3.63) is 24.0 Å². The first kappa shape index (κ1) is 10.6. The van der Waals surface area contributed by atoms with Crippen LogP contribution in [0.25, 0.3) is 11.0 Å². The summed E-state index contributed by atoms with van der Waals surface area (Å²) in [7, 11) is 0. The molecule has 4 heteroatoms. The number of aryl methyl sites for hydroxylation is 1. The summed E-state index contributed by atoms with van der Waals surface area (Å²) in [5, 5.41) is 6.90. The Morgan fingerprint density at radius 2 is 2.24 bits per heavy atom. The van der Waals surface area contributed by atoms with E-state index in [1.54, 1.807) is 0 Å². The third-order valence-corrected chi connectivity index (χ3v) is 3.06. The zero-order valence-electron chi connectivity index (χ0n) is 10.1. The van der Waals surface area contributed by atoms with Crippen LogP contribution in [-0.2, 0) is 0 Å². The molecule has 0 unspecified atom stereocenters. The number of hydrogen-bond donors (Lipinski definition) is 3. The van der Waals surface area contributed by atoms with Gasteiger partial charge in [-0.05, 0) is 38.0 Å². The molecule has 1 aliphatic rings. The van der Waals surface area contributed by atoms with Crippen LogP contribution in [0.2, 0.25) is 0 Å². The molecule has 0 amide bonds. The molecule has 0 aliphatic heterocycles. The second kappa shape index (κ2) is 4.37. The second-order valence-corrected chi connectivity index (χ2v) is 4.71. The maximum atomic E-state index is 4.39. The number of aromatic amines is 1. The van der Waals surface area contributed by atoms with Crippen molar-refractivity contribution in [2.24, 2.45) is 0 Å². The third-order valence-electron chi connectivity index (χ3n) is 3.06. The van der Waals surface area contributed by atoms with Gasteiger partial charge in [-0.1, -0.05) is 0 Å². The normalized spacial score (nSPS) is 15.4. The SMILES string of the molecule is Cc1nc2ccc(NCCNC3CC3)cc2[nH]1. The monoisotopic (exact) mass is 230 g/mol. The van der Waals surface area contributed by atoms with Gasteiger partial charge in [-0.2, -0.15) is 0 Å². The highest BCUT2D eigenvalue weighted by atomic mass is 15.0. The summed E-state index contributed by atoms with van der Waals surface area (Å²) >= 11 is 0. The number of H-pyrrole nitrogens is 1. The predicted molar refractivity (Wildman–Crippen MR) is 70.3 cm³/mol. The molecule has 1 heterocycles. The van der Waals surface area contributed by atoms with Crippen molar-refractivity contribution in [1.82, 2.24) is 15.3 Å². The molecular weight excluding hydrogens is 212 g/mol. The van der Waals surface area contributed by atoms with Crippen molar-refractivity contribution in [2.75, 3.05) is 18.4 Å². The number of nitrogens with one attached hydrogen (secondary N) is 3. The maximum absolute atomic E-state index is 4.39. The largest absolute Gasteiger partial charge is 0.384 e. The van der Waals surface area contributed by atoms with E-state index in [4.69, 9.17) is 0 Å². The van der Waals surface area contributed by atoms with Crippen molar-refractivity contribution in [2.45, 2.75) is 25.8 Å². The lowest BCUT2D eigenvalue weighted by Crippen LogP contribution is -2.23. The summed E-state index contributed by atoms with van der Waals surface area (Å²) in [6.45, 7) is 3.98. The molecule has 1 aliphatic carbocycles. The lowest BCUT2D eigenvalue weighted by Gasteiger charge is -2.06. The fraction of sp³-hybridized carbons (Fsp3) is 0.462. The minimum atomic E-state index is 0.787. The van der Waals surface area contributed by atoms with Crippen molar-refractivity contribution >= 4 is 16.7 Å². The lowest BCUT2D eigenvalue weighted by molar-refractivity contribution is 0.701. The number of anilines is 1. The van der Waals surface area contributed by atoms with Gasteiger partial charge in [0.2, 0.25) is 0 Å². The first-order valence-electron chi connectivity index (χ1n) is 6.25. The number of benzene rings is 1. The fourth-order valence-electron chi connectivity index (χ4n) is 2.02. The molecule has 17 heavy (non-hydrogen) atoms. The quantitative estimate of drug-likeness (QED) is 0.689. The Morgan fingerprint density at radius 3 is 3.06 bits per heavy atom. The first-order chi connectivity index (χ1) is 8.31. The van der Waals surface area contributed by atoms with E-state index in [0.717, 1.165) is 41.7 Å². The average Bonchev–Trinajstić information content (AvgIpc) is 3.05. The number of fused-ring (bicyclic) bond motifs is 1. The number of aromatic nitrogens is 2. The molecule has 1 saturated carbocycles. The highest BCUT2D eigenvalue weighted by molar-refractivity contribution is 5.79. The molecule has 2 aromatic rings. The number of hydrogen-bond acceptors (Lipinski definition) is 3. The van der Waals surface area contributed by atoms with E-state index >= 15 is 0 Å². The predicted octanol–water partition coefficient (Wildman–Crippen LogP) is 2.04. The van der Waals surface area contributed by atoms with E-state index in [1.807, 2.05) is 6.92 Å². The van der Waals surface area contributed by atoms with Gasteiger partial charge in [0.15, 0.2) is 0 Å². The summed E-state index contributed by atoms with van der Waals surface area (Å²) in [5.41, 5.74) is 3.28. The van der Waals surface area contributed by atoms with Crippen LogP contribution in [0, 0.1) is 6.92 Å². The van der Waals surface area contributed by atoms with Crippen molar-refractivity contribution in [3.63, 3.8) is 0 Å². The Balaban J connectivity index is 1.59. The van der Waals surface area contributed by atoms with Crippen LogP contribution < -0.4 is 10.6 Å². The van der Waals surface area contributed by atoms with Gasteiger partial charge in [0, 0.05) is 24.8 Å². The van der Waals surface area contributed by atoms with Crippen molar-refractivity contribution < 1.29 is 0 Å². The molecule has 90 valence electrons. The Bertz CT molecular complexity index is 513. The zero-order valence-corrected chi connectivity index (χ0v) is 10.1. The smallest absolute Gasteiger partial charge is 0.104 e. The van der Waals surface area contributed by atoms with Gasteiger partial charge >= 0.3 is 0 Å². The molecule has 0 radical (unpaired) electrons. The number of nitrogens with zero attached hydrogens (tertiary/aromatic N) is 1. The zero-order chi connectivity index (χ0) is 11.7. The molecule has 3 N–H and O–H groups in total. The summed E-state index contributed by atoms with van der Waals surface area (Å²) in [5.74, 6) is 0.965. The molecule has 1 aromatic heterocycles. The van der Waals surface area contributed by atoms with Gasteiger partial charge in [0.05, 0.1) is 11.0 Å². The first-order valence-corrected chi connectivity index (χ1v) is 6.25. The standard InChI is InChI=1S/C13H18N4/c1-9-16-12-5-4-11(8-13(12)17-9)15-7-6-14-10-2-3-10/h4-5,8,10,14-15H,2-3,6-7H2,1H3,(H,16,17). The van der Waals surface area contributed by atoms with Crippen LogP contribution >= 0.6 is 0 Å². The van der Waals surface area contributed by atoms with E-state index in [9.17, 15) is 0 Å². The summed E-state index contributed by atoms with van der Waals surface area (Å²) in [6.07, 6.45) is 2.69. The molecule has 1 aromatic carbocycles. The van der Waals surface area contributed by atoms with E-state index in [0.29, 0.717) is 0 Å². The molecule has 0 saturated heterocycles. The number of rotatable bonds is 5. The Morgan fingerprint density at radius 1 is 1.35 bits per heavy atom. The highest BCUT2D eigenvalue weighted by Gasteiger charge is 2.19. The number of imidazole rings is 1. The van der Waals surface area contributed by atoms with Crippen LogP contribution in [0.15, 0.2) is 18.2 Å². The fourth-order valence-corrected chi connectivity index (χ4v) is 2.02. The van der Waals surface area contributed by atoms with Crippen LogP contribution in [0.5, 0.6) is 0 Å². The van der Waals surface area contributed by atoms with Crippen LogP contribution in [0.1, 0.15) is 18.7 Å². The Kier molecular flexibility index (Phi) is 2.73. The minimum Gasteiger partial charge on any atom is -0.384 e. The van der Waals surface area contributed by atoms with E-state index < -0.39 is 0 Å². The van der Waals surface area contributed by atoms with Gasteiger partial charge in [-0.3, -0.25) is 0 Å². The van der Waals surface area contributed by atoms with E-state index in [-0.39, 0.29) is 0 Å². The molecule has 0 spiro atoms. The van der Waals surface area contributed by atoms with Gasteiger partial charge in [0.25, 0.3) is 0 Å². The molecule has 0 atom stereocenters. The van der Waals surface area contributed by atoms with Crippen LogP contribution in [0.4, 0.5) is 5.69 Å². The average molecular weight is 230 g/mol. The lowest BCUT2D eigenvalue weighted by atomic mass is 10.3. The molecule has 4 nitrogen and oxygen atoms in total. The highest BCUT2D eigenvalue weighted by Crippen LogP contribution is 2.18. The minimum absolute atomic E-state index is 0.787. The summed E-state index contributed by atoms with van der Waals surface area (Å²) in [4.78, 5) is 7.64. The molecule has 3 rings (SSSR count). The van der Waals surface area contributed by atoms with Gasteiger partial charge in [0.1, 0.15) is 5.82 Å². The van der Waals surface area contributed by atoms with E-state index in [2.05, 4.69) is 38.8 Å². The van der Waals surface area contributed by atoms with Gasteiger partial charge in [-0.25, -0.2) is 4.98 Å². The molecular formula is C13H18N4. The second-order valence-electron chi connectivity index (χ2n) is 4.71. The van der Waals surface area contributed by atoms with E-state index in [1.165, 1.54) is 12.8 Å². The maximum Gasteiger partial charge on any atom is 0.104 e. The molecule has 1 fully saturated rings. The summed E-state index contributed by atoms with van der Waals surface area (Å²) < 4.78 is 0. The topological polar surface area (TPSA) is 52.7 Å². The Hall–Kier alpha value is -1.55. The summed E-state index contributed by atoms with van der Waals surface area (Å²) in [6, 6.07) is 7.04.